The number of nitrogens with two attached hydrogens (primary N) is 1. The Balaban J connectivity index is 1.83. The number of hydrogen-bond donors (Lipinski definition) is 1. The second-order valence-electron chi connectivity index (χ2n) is 4.58. The molecule has 94 valence electrons. The molecule has 1 saturated carbocycles. The summed E-state index contributed by atoms with van der Waals surface area (Å²) in [6.07, 6.45) is 3.38. The Bertz CT molecular complexity index is 401. The van der Waals surface area contributed by atoms with E-state index < -0.39 is 0 Å². The fourth-order valence-corrected chi connectivity index (χ4v) is 2.60. The van der Waals surface area contributed by atoms with E-state index >= 15 is 0 Å². The lowest BCUT2D eigenvalue weighted by atomic mass is 10.4. The number of guanidine groups is 1. The molecule has 1 fully saturated rings. The molecular weight excluding hydrogens is 232 g/mol. The Kier molecular flexibility index (Phi) is 3.66. The fraction of sp³-hybridized carbons (Fsp3) is 0.667. The predicted molar refractivity (Wildman–Crippen MR) is 72.6 cm³/mol. The van der Waals surface area contributed by atoms with Crippen molar-refractivity contribution < 1.29 is 0 Å². The van der Waals surface area contributed by atoms with Gasteiger partial charge in [-0.3, -0.25) is 4.99 Å². The first-order valence-corrected chi connectivity index (χ1v) is 6.85. The Morgan fingerprint density at radius 3 is 2.76 bits per heavy atom. The molecule has 1 aromatic heterocycles. The van der Waals surface area contributed by atoms with Gasteiger partial charge in [0.2, 0.25) is 0 Å². The molecule has 17 heavy (non-hydrogen) atoms. The topological polar surface area (TPSA) is 54.5 Å². The lowest BCUT2D eigenvalue weighted by Gasteiger charge is -2.16. The summed E-state index contributed by atoms with van der Waals surface area (Å²) in [7, 11) is 2.02. The van der Waals surface area contributed by atoms with Gasteiger partial charge in [0.15, 0.2) is 5.96 Å². The summed E-state index contributed by atoms with van der Waals surface area (Å²) in [5.41, 5.74) is 7.05. The van der Waals surface area contributed by atoms with Crippen molar-refractivity contribution >= 4 is 17.3 Å². The first-order chi connectivity index (χ1) is 8.08. The molecule has 2 N–H and O–H groups in total. The molecule has 1 aromatic rings. The molecule has 2 rings (SSSR count). The van der Waals surface area contributed by atoms with Crippen LogP contribution < -0.4 is 5.73 Å². The van der Waals surface area contributed by atoms with Crippen molar-refractivity contribution in [3.05, 3.63) is 15.6 Å². The smallest absolute Gasteiger partial charge is 0.191 e. The summed E-state index contributed by atoms with van der Waals surface area (Å²) in [6, 6.07) is 0.628. The monoisotopic (exact) mass is 252 g/mol. The highest BCUT2D eigenvalue weighted by Gasteiger charge is 2.27. The van der Waals surface area contributed by atoms with Crippen molar-refractivity contribution in [3.8, 4) is 0 Å². The van der Waals surface area contributed by atoms with Gasteiger partial charge < -0.3 is 10.6 Å². The predicted octanol–water partition coefficient (Wildman–Crippen LogP) is 1.71. The van der Waals surface area contributed by atoms with Crippen LogP contribution in [0.5, 0.6) is 0 Å². The number of rotatable bonds is 4. The average Bonchev–Trinajstić information content (AvgIpc) is 3.06. The lowest BCUT2D eigenvalue weighted by molar-refractivity contribution is 0.487. The minimum absolute atomic E-state index is 0.628. The van der Waals surface area contributed by atoms with Crippen molar-refractivity contribution in [1.82, 2.24) is 9.88 Å². The summed E-state index contributed by atoms with van der Waals surface area (Å²) in [6.45, 7) is 4.89. The van der Waals surface area contributed by atoms with Crippen molar-refractivity contribution in [2.45, 2.75) is 39.2 Å². The van der Waals surface area contributed by atoms with Crippen LogP contribution in [0.3, 0.4) is 0 Å². The van der Waals surface area contributed by atoms with Crippen LogP contribution in [0, 0.1) is 13.8 Å². The molecule has 0 radical (unpaired) electrons. The van der Waals surface area contributed by atoms with Gasteiger partial charge in [-0.2, -0.15) is 0 Å². The van der Waals surface area contributed by atoms with Crippen LogP contribution in [0.15, 0.2) is 4.99 Å². The van der Waals surface area contributed by atoms with Gasteiger partial charge in [-0.1, -0.05) is 0 Å². The van der Waals surface area contributed by atoms with Crippen molar-refractivity contribution in [2.24, 2.45) is 10.7 Å². The molecule has 0 aliphatic heterocycles. The summed E-state index contributed by atoms with van der Waals surface area (Å²) in [4.78, 5) is 12.3. The van der Waals surface area contributed by atoms with Crippen molar-refractivity contribution in [2.75, 3.05) is 13.6 Å². The number of hydrogen-bond acceptors (Lipinski definition) is 3. The Labute approximate surface area is 107 Å². The summed E-state index contributed by atoms with van der Waals surface area (Å²) in [5, 5.41) is 1.16. The number of aromatic nitrogens is 1. The quantitative estimate of drug-likeness (QED) is 0.655. The third kappa shape index (κ3) is 3.19. The Morgan fingerprint density at radius 1 is 1.53 bits per heavy atom. The molecule has 0 atom stereocenters. The summed E-state index contributed by atoms with van der Waals surface area (Å²) in [5.74, 6) is 0.664. The van der Waals surface area contributed by atoms with Crippen LogP contribution in [0.1, 0.15) is 28.4 Å². The first kappa shape index (κ1) is 12.4. The third-order valence-corrected chi connectivity index (χ3v) is 4.26. The van der Waals surface area contributed by atoms with E-state index in [1.54, 1.807) is 11.3 Å². The summed E-state index contributed by atoms with van der Waals surface area (Å²) < 4.78 is 0. The largest absolute Gasteiger partial charge is 0.370 e. The van der Waals surface area contributed by atoms with Gasteiger partial charge >= 0.3 is 0 Å². The Hall–Kier alpha value is -1.10. The molecule has 0 bridgehead atoms. The van der Waals surface area contributed by atoms with E-state index in [4.69, 9.17) is 5.73 Å². The molecule has 0 amide bonds. The number of aryl methyl sites for hydroxylation is 2. The average molecular weight is 252 g/mol. The molecule has 4 nitrogen and oxygen atoms in total. The van der Waals surface area contributed by atoms with Crippen LogP contribution in [-0.2, 0) is 6.42 Å². The fourth-order valence-electron chi connectivity index (χ4n) is 1.67. The number of nitrogens with zero attached hydrogens (tertiary/aromatic N) is 3. The van der Waals surface area contributed by atoms with E-state index in [0.29, 0.717) is 12.0 Å². The molecule has 0 unspecified atom stereocenters. The second kappa shape index (κ2) is 5.04. The molecule has 0 saturated heterocycles. The molecule has 1 aliphatic carbocycles. The molecule has 0 spiro atoms. The van der Waals surface area contributed by atoms with Crippen LogP contribution in [0.25, 0.3) is 0 Å². The zero-order valence-electron chi connectivity index (χ0n) is 10.7. The van der Waals surface area contributed by atoms with E-state index in [9.17, 15) is 0 Å². The first-order valence-electron chi connectivity index (χ1n) is 6.03. The minimum atomic E-state index is 0.628. The SMILES string of the molecule is Cc1nc(CCN=C(N)N(C)C2CC2)sc1C. The van der Waals surface area contributed by atoms with E-state index in [2.05, 4.69) is 21.8 Å². The highest BCUT2D eigenvalue weighted by molar-refractivity contribution is 7.11. The van der Waals surface area contributed by atoms with Crippen LogP contribution in [0.2, 0.25) is 0 Å². The van der Waals surface area contributed by atoms with Gasteiger partial charge in [0, 0.05) is 30.9 Å². The third-order valence-electron chi connectivity index (χ3n) is 3.13. The van der Waals surface area contributed by atoms with Gasteiger partial charge in [0.25, 0.3) is 0 Å². The highest BCUT2D eigenvalue weighted by Crippen LogP contribution is 2.24. The molecule has 1 heterocycles. The molecular formula is C12H20N4S. The molecule has 0 aromatic carbocycles. The second-order valence-corrected chi connectivity index (χ2v) is 5.87. The zero-order valence-corrected chi connectivity index (χ0v) is 11.5. The Morgan fingerprint density at radius 2 is 2.24 bits per heavy atom. The minimum Gasteiger partial charge on any atom is -0.370 e. The van der Waals surface area contributed by atoms with E-state index in [1.807, 2.05) is 14.0 Å². The van der Waals surface area contributed by atoms with E-state index in [-0.39, 0.29) is 0 Å². The van der Waals surface area contributed by atoms with E-state index in [0.717, 1.165) is 23.7 Å². The number of aliphatic imine (C=N–C) groups is 1. The normalized spacial score (nSPS) is 16.3. The maximum absolute atomic E-state index is 5.92. The maximum atomic E-state index is 5.92. The standard InChI is InChI=1S/C12H20N4S/c1-8-9(2)17-11(15-8)6-7-14-12(13)16(3)10-4-5-10/h10H,4-7H2,1-3H3,(H2,13,14). The van der Waals surface area contributed by atoms with Gasteiger partial charge in [-0.05, 0) is 26.7 Å². The van der Waals surface area contributed by atoms with Gasteiger partial charge in [-0.15, -0.1) is 11.3 Å². The highest BCUT2D eigenvalue weighted by atomic mass is 32.1. The maximum Gasteiger partial charge on any atom is 0.191 e. The van der Waals surface area contributed by atoms with Gasteiger partial charge in [0.05, 0.1) is 10.7 Å². The van der Waals surface area contributed by atoms with Crippen LogP contribution >= 0.6 is 11.3 Å². The lowest BCUT2D eigenvalue weighted by Crippen LogP contribution is -2.35. The van der Waals surface area contributed by atoms with Crippen LogP contribution in [0.4, 0.5) is 0 Å². The van der Waals surface area contributed by atoms with Gasteiger partial charge in [-0.25, -0.2) is 4.98 Å². The molecule has 1 aliphatic rings. The zero-order chi connectivity index (χ0) is 12.4. The van der Waals surface area contributed by atoms with E-state index in [1.165, 1.54) is 17.7 Å². The van der Waals surface area contributed by atoms with Crippen molar-refractivity contribution in [3.63, 3.8) is 0 Å². The van der Waals surface area contributed by atoms with Crippen molar-refractivity contribution in [1.29, 1.82) is 0 Å². The van der Waals surface area contributed by atoms with Crippen LogP contribution in [-0.4, -0.2) is 35.5 Å². The summed E-state index contributed by atoms with van der Waals surface area (Å²) >= 11 is 1.76. The van der Waals surface area contributed by atoms with Gasteiger partial charge in [0.1, 0.15) is 0 Å². The molecule has 5 heteroatoms. The number of thiazole rings is 1.